The van der Waals surface area contributed by atoms with E-state index < -0.39 is 0 Å². The van der Waals surface area contributed by atoms with Gasteiger partial charge in [0.1, 0.15) is 0 Å². The molecule has 0 saturated heterocycles. The van der Waals surface area contributed by atoms with Crippen molar-refractivity contribution >= 4 is 36.4 Å². The third-order valence-corrected chi connectivity index (χ3v) is 1.42. The summed E-state index contributed by atoms with van der Waals surface area (Å²) in [5.74, 6) is 3.09. The van der Waals surface area contributed by atoms with Gasteiger partial charge in [0.05, 0.1) is 12.4 Å². The van der Waals surface area contributed by atoms with Crippen molar-refractivity contribution in [3.8, 4) is 0 Å². The number of ether oxygens (including phenoxy) is 1. The first-order valence-electron chi connectivity index (χ1n) is 3.75. The fraction of sp³-hybridized carbons (Fsp3) is 0. The molecular formula is C8H2N4O3. The van der Waals surface area contributed by atoms with Gasteiger partial charge in [0.15, 0.2) is 23.3 Å². The third kappa shape index (κ3) is 1.83. The van der Waals surface area contributed by atoms with E-state index in [-0.39, 0.29) is 23.4 Å². The Balaban J connectivity index is 2.14. The quantitative estimate of drug-likeness (QED) is 0.487. The van der Waals surface area contributed by atoms with E-state index in [4.69, 9.17) is 4.74 Å². The Morgan fingerprint density at radius 2 is 1.40 bits per heavy atom. The first-order chi connectivity index (χ1) is 7.31. The fourth-order valence-electron chi connectivity index (χ4n) is 0.833. The highest BCUT2D eigenvalue weighted by Gasteiger charge is 2.14. The zero-order valence-electron chi connectivity index (χ0n) is 7.17. The summed E-state index contributed by atoms with van der Waals surface area (Å²) in [6.45, 7) is 0. The zero-order chi connectivity index (χ0) is 10.7. The lowest BCUT2D eigenvalue weighted by Crippen LogP contribution is -2.04. The Hall–Kier alpha value is -2.62. The predicted octanol–water partition coefficient (Wildman–Crippen LogP) is -0.685. The van der Waals surface area contributed by atoms with E-state index in [1.165, 1.54) is 12.4 Å². The molecule has 2 heterocycles. The second kappa shape index (κ2) is 3.63. The first-order valence-corrected chi connectivity index (χ1v) is 3.75. The van der Waals surface area contributed by atoms with E-state index in [1.807, 2.05) is 0 Å². The fourth-order valence-corrected chi connectivity index (χ4v) is 0.833. The molecule has 0 aliphatic carbocycles. The molecule has 2 rings (SSSR count). The van der Waals surface area contributed by atoms with Crippen molar-refractivity contribution in [2.24, 2.45) is 20.0 Å². The summed E-state index contributed by atoms with van der Waals surface area (Å²) >= 11 is 0. The molecule has 2 aliphatic heterocycles. The minimum atomic E-state index is -0.0728. The zero-order valence-corrected chi connectivity index (χ0v) is 7.17. The molecule has 0 saturated carbocycles. The second-order valence-corrected chi connectivity index (χ2v) is 2.38. The Labute approximate surface area is 82.9 Å². The standard InChI is InChI=1S/C8H2N4O3/c13-3-5-1-9-7(11-5)15-8-10-2-6(4-14)12-8/h1-2H. The highest BCUT2D eigenvalue weighted by atomic mass is 16.5. The summed E-state index contributed by atoms with van der Waals surface area (Å²) in [7, 11) is 0. The average Bonchev–Trinajstić information content (AvgIpc) is 2.87. The van der Waals surface area contributed by atoms with Gasteiger partial charge in [0.2, 0.25) is 0 Å². The molecule has 0 fully saturated rings. The predicted molar refractivity (Wildman–Crippen MR) is 51.4 cm³/mol. The van der Waals surface area contributed by atoms with Gasteiger partial charge in [0.25, 0.3) is 0 Å². The third-order valence-electron chi connectivity index (χ3n) is 1.42. The molecule has 2 aliphatic rings. The molecule has 7 heteroatoms. The van der Waals surface area contributed by atoms with Crippen LogP contribution >= 0.6 is 0 Å². The smallest absolute Gasteiger partial charge is 0.325 e. The maximum absolute atomic E-state index is 10.2. The van der Waals surface area contributed by atoms with Gasteiger partial charge in [-0.1, -0.05) is 0 Å². The van der Waals surface area contributed by atoms with Crippen LogP contribution in [0.4, 0.5) is 0 Å². The van der Waals surface area contributed by atoms with E-state index >= 15 is 0 Å². The Morgan fingerprint density at radius 3 is 1.73 bits per heavy atom. The molecule has 0 aromatic carbocycles. The normalized spacial score (nSPS) is 17.3. The number of hydrogen-bond donors (Lipinski definition) is 0. The maximum Gasteiger partial charge on any atom is 0.325 e. The van der Waals surface area contributed by atoms with Gasteiger partial charge in [0, 0.05) is 0 Å². The van der Waals surface area contributed by atoms with E-state index in [0.29, 0.717) is 0 Å². The van der Waals surface area contributed by atoms with Crippen molar-refractivity contribution < 1.29 is 14.3 Å². The van der Waals surface area contributed by atoms with Crippen LogP contribution in [0, 0.1) is 0 Å². The number of nitrogens with zero attached hydrogens (tertiary/aromatic N) is 4. The van der Waals surface area contributed by atoms with Crippen molar-refractivity contribution in [3.05, 3.63) is 11.4 Å². The average molecular weight is 202 g/mol. The van der Waals surface area contributed by atoms with Crippen LogP contribution in [-0.4, -0.2) is 36.4 Å². The van der Waals surface area contributed by atoms with Gasteiger partial charge in [-0.25, -0.2) is 19.6 Å². The van der Waals surface area contributed by atoms with Gasteiger partial charge in [-0.3, -0.25) is 0 Å². The van der Waals surface area contributed by atoms with Crippen molar-refractivity contribution in [2.75, 3.05) is 0 Å². The van der Waals surface area contributed by atoms with Crippen LogP contribution in [0.3, 0.4) is 0 Å². The van der Waals surface area contributed by atoms with Crippen LogP contribution in [0.25, 0.3) is 0 Å². The molecular weight excluding hydrogens is 200 g/mol. The lowest BCUT2D eigenvalue weighted by Gasteiger charge is -1.95. The van der Waals surface area contributed by atoms with Gasteiger partial charge in [-0.2, -0.15) is 9.98 Å². The van der Waals surface area contributed by atoms with E-state index in [1.54, 1.807) is 11.9 Å². The van der Waals surface area contributed by atoms with Gasteiger partial charge >= 0.3 is 12.0 Å². The van der Waals surface area contributed by atoms with Crippen molar-refractivity contribution in [3.63, 3.8) is 0 Å². The molecule has 0 unspecified atom stereocenters. The monoisotopic (exact) mass is 202 g/mol. The summed E-state index contributed by atoms with van der Waals surface area (Å²) in [6, 6.07) is -0.146. The Morgan fingerprint density at radius 1 is 0.933 bits per heavy atom. The van der Waals surface area contributed by atoms with Gasteiger partial charge in [-0.15, -0.1) is 0 Å². The summed E-state index contributed by atoms with van der Waals surface area (Å²) in [5, 5.41) is 0. The molecule has 0 aromatic heterocycles. The molecule has 0 aromatic rings. The first kappa shape index (κ1) is 8.96. The Bertz CT molecular complexity index is 480. The SMILES string of the molecule is O=C=C1C=NC(OC2=NC(=C=O)C=N2)=N1. The topological polar surface area (TPSA) is 92.8 Å². The number of carbonyl (C=O) groups excluding carboxylic acids is 2. The minimum absolute atomic E-state index is 0.0266. The lowest BCUT2D eigenvalue weighted by atomic mass is 10.6. The molecule has 72 valence electrons. The van der Waals surface area contributed by atoms with Gasteiger partial charge in [-0.05, 0) is 0 Å². The van der Waals surface area contributed by atoms with Crippen molar-refractivity contribution in [1.82, 2.24) is 0 Å². The van der Waals surface area contributed by atoms with Gasteiger partial charge < -0.3 is 4.74 Å². The molecule has 0 radical (unpaired) electrons. The highest BCUT2D eigenvalue weighted by molar-refractivity contribution is 6.09. The highest BCUT2D eigenvalue weighted by Crippen LogP contribution is 2.06. The molecule has 7 nitrogen and oxygen atoms in total. The Kier molecular flexibility index (Phi) is 2.17. The van der Waals surface area contributed by atoms with Crippen LogP contribution < -0.4 is 0 Å². The molecule has 0 N–H and O–H groups in total. The van der Waals surface area contributed by atoms with Crippen LogP contribution in [0.2, 0.25) is 0 Å². The minimum Gasteiger partial charge on any atom is -0.388 e. The summed E-state index contributed by atoms with van der Waals surface area (Å²) < 4.78 is 4.94. The van der Waals surface area contributed by atoms with Crippen molar-refractivity contribution in [1.29, 1.82) is 0 Å². The van der Waals surface area contributed by atoms with Crippen LogP contribution in [0.1, 0.15) is 0 Å². The van der Waals surface area contributed by atoms with E-state index in [0.717, 1.165) is 0 Å². The van der Waals surface area contributed by atoms with Crippen LogP contribution in [0.15, 0.2) is 31.4 Å². The molecule has 0 bridgehead atoms. The number of aliphatic imine (C=N–C) groups is 4. The van der Waals surface area contributed by atoms with Crippen LogP contribution in [0.5, 0.6) is 0 Å². The lowest BCUT2D eigenvalue weighted by molar-refractivity contribution is 0.531. The summed E-state index contributed by atoms with van der Waals surface area (Å²) in [5.41, 5.74) is 0.0532. The van der Waals surface area contributed by atoms with Crippen LogP contribution in [-0.2, 0) is 14.3 Å². The summed E-state index contributed by atoms with van der Waals surface area (Å²) in [4.78, 5) is 34.8. The number of amidine groups is 2. The van der Waals surface area contributed by atoms with E-state index in [9.17, 15) is 9.59 Å². The molecule has 15 heavy (non-hydrogen) atoms. The number of rotatable bonds is 0. The summed E-state index contributed by atoms with van der Waals surface area (Å²) in [6.07, 6.45) is 2.38. The number of hydrogen-bond acceptors (Lipinski definition) is 7. The molecule has 0 amide bonds. The second-order valence-electron chi connectivity index (χ2n) is 2.38. The molecule has 0 spiro atoms. The maximum atomic E-state index is 10.2. The largest absolute Gasteiger partial charge is 0.388 e. The number of allylic oxidation sites excluding steroid dienone is 2. The molecule has 0 atom stereocenters. The van der Waals surface area contributed by atoms with E-state index in [2.05, 4.69) is 20.0 Å². The van der Waals surface area contributed by atoms with Crippen molar-refractivity contribution in [2.45, 2.75) is 0 Å².